The molecule has 0 atom stereocenters. The summed E-state index contributed by atoms with van der Waals surface area (Å²) in [5, 5.41) is 3.24. The molecule has 9 heteroatoms. The van der Waals surface area contributed by atoms with Gasteiger partial charge in [0, 0.05) is 33.4 Å². The molecule has 0 unspecified atom stereocenters. The number of aryl methyl sites for hydroxylation is 1. The molecule has 0 aliphatic heterocycles. The van der Waals surface area contributed by atoms with E-state index in [0.717, 1.165) is 9.87 Å². The number of halogens is 2. The van der Waals surface area contributed by atoms with Crippen molar-refractivity contribution in [3.05, 3.63) is 93.5 Å². The van der Waals surface area contributed by atoms with Crippen molar-refractivity contribution in [2.45, 2.75) is 25.3 Å². The van der Waals surface area contributed by atoms with Crippen LogP contribution in [-0.2, 0) is 21.4 Å². The van der Waals surface area contributed by atoms with Crippen molar-refractivity contribution in [2.24, 2.45) is 0 Å². The van der Waals surface area contributed by atoms with Crippen LogP contribution < -0.4 is 5.32 Å². The monoisotopic (exact) mass is 504 g/mol. The Morgan fingerprint density at radius 3 is 2.15 bits per heavy atom. The maximum Gasteiger partial charge on any atom is 0.243 e. The number of carbonyl (C=O) groups excluding carboxylic acids is 2. The molecule has 6 nitrogen and oxygen atoms in total. The van der Waals surface area contributed by atoms with Crippen molar-refractivity contribution < 1.29 is 18.0 Å². The molecular formula is C24H22Cl2N2O4S. The average Bonchev–Trinajstić information content (AvgIpc) is 2.76. The molecule has 0 heterocycles. The van der Waals surface area contributed by atoms with Crippen molar-refractivity contribution in [3.8, 4) is 0 Å². The molecule has 0 spiro atoms. The number of anilines is 1. The molecule has 3 aromatic carbocycles. The number of hydrogen-bond donors (Lipinski definition) is 1. The van der Waals surface area contributed by atoms with Crippen molar-refractivity contribution in [2.75, 3.05) is 11.9 Å². The van der Waals surface area contributed by atoms with E-state index in [9.17, 15) is 18.0 Å². The highest BCUT2D eigenvalue weighted by molar-refractivity contribution is 7.89. The molecule has 0 radical (unpaired) electrons. The SMILES string of the molecule is CC(=O)c1cccc(NC(=O)CN(Cc2c(Cl)cccc2Cl)S(=O)(=O)c2ccc(C)cc2)c1. The lowest BCUT2D eigenvalue weighted by atomic mass is 10.1. The summed E-state index contributed by atoms with van der Waals surface area (Å²) in [4.78, 5) is 24.5. The van der Waals surface area contributed by atoms with Crippen LogP contribution in [0, 0.1) is 6.92 Å². The van der Waals surface area contributed by atoms with E-state index >= 15 is 0 Å². The summed E-state index contributed by atoms with van der Waals surface area (Å²) >= 11 is 12.5. The first-order valence-corrected chi connectivity index (χ1v) is 12.2. The van der Waals surface area contributed by atoms with Gasteiger partial charge >= 0.3 is 0 Å². The minimum Gasteiger partial charge on any atom is -0.325 e. The van der Waals surface area contributed by atoms with Crippen LogP contribution in [0.3, 0.4) is 0 Å². The van der Waals surface area contributed by atoms with E-state index in [0.29, 0.717) is 26.9 Å². The summed E-state index contributed by atoms with van der Waals surface area (Å²) in [5.41, 5.74) is 2.11. The van der Waals surface area contributed by atoms with Crippen molar-refractivity contribution in [1.29, 1.82) is 0 Å². The van der Waals surface area contributed by atoms with Gasteiger partial charge < -0.3 is 5.32 Å². The minimum absolute atomic E-state index is 0.0441. The highest BCUT2D eigenvalue weighted by atomic mass is 35.5. The summed E-state index contributed by atoms with van der Waals surface area (Å²) in [6, 6.07) is 17.6. The van der Waals surface area contributed by atoms with Gasteiger partial charge in [-0.15, -0.1) is 0 Å². The Morgan fingerprint density at radius 1 is 0.939 bits per heavy atom. The van der Waals surface area contributed by atoms with Crippen molar-refractivity contribution in [3.63, 3.8) is 0 Å². The van der Waals surface area contributed by atoms with E-state index in [1.807, 2.05) is 6.92 Å². The summed E-state index contributed by atoms with van der Waals surface area (Å²) < 4.78 is 27.9. The largest absolute Gasteiger partial charge is 0.325 e. The van der Waals surface area contributed by atoms with E-state index in [1.54, 1.807) is 48.5 Å². The Labute approximate surface area is 203 Å². The fourth-order valence-electron chi connectivity index (χ4n) is 3.12. The third-order valence-corrected chi connectivity index (χ3v) is 7.44. The summed E-state index contributed by atoms with van der Waals surface area (Å²) in [6.07, 6.45) is 0. The third-order valence-electron chi connectivity index (χ3n) is 4.93. The second-order valence-corrected chi connectivity index (χ2v) is 10.2. The van der Waals surface area contributed by atoms with Crippen LogP contribution in [0.5, 0.6) is 0 Å². The molecule has 0 saturated carbocycles. The molecule has 3 rings (SSSR count). The number of ketones is 1. The molecule has 33 heavy (non-hydrogen) atoms. The lowest BCUT2D eigenvalue weighted by molar-refractivity contribution is -0.116. The lowest BCUT2D eigenvalue weighted by Gasteiger charge is -2.23. The quantitative estimate of drug-likeness (QED) is 0.420. The molecule has 0 aromatic heterocycles. The number of Topliss-reactive ketones (excluding diaryl/α,β-unsaturated/α-hetero) is 1. The van der Waals surface area contributed by atoms with Crippen LogP contribution in [0.1, 0.15) is 28.4 Å². The van der Waals surface area contributed by atoms with Gasteiger partial charge in [-0.3, -0.25) is 9.59 Å². The standard InChI is InChI=1S/C24H22Cl2N2O4S/c1-16-9-11-20(12-10-16)33(31,32)28(14-21-22(25)7-4-8-23(21)26)15-24(30)27-19-6-3-5-18(13-19)17(2)29/h3-13H,14-15H2,1-2H3,(H,27,30). The number of carbonyl (C=O) groups is 2. The van der Waals surface area contributed by atoms with Crippen LogP contribution >= 0.6 is 23.2 Å². The highest BCUT2D eigenvalue weighted by Crippen LogP contribution is 2.28. The second kappa shape index (κ2) is 10.5. The number of benzene rings is 3. The third kappa shape index (κ3) is 6.21. The topological polar surface area (TPSA) is 83.6 Å². The molecule has 0 fully saturated rings. The zero-order valence-electron chi connectivity index (χ0n) is 18.0. The number of hydrogen-bond acceptors (Lipinski definition) is 4. The van der Waals surface area contributed by atoms with Gasteiger partial charge in [0.2, 0.25) is 15.9 Å². The Kier molecular flexibility index (Phi) is 7.92. The number of amides is 1. The number of nitrogens with one attached hydrogen (secondary N) is 1. The number of nitrogens with zero attached hydrogens (tertiary/aromatic N) is 1. The molecule has 1 amide bonds. The number of sulfonamides is 1. The van der Waals surface area contributed by atoms with Crippen LogP contribution in [-0.4, -0.2) is 31.0 Å². The Balaban J connectivity index is 1.93. The zero-order valence-corrected chi connectivity index (χ0v) is 20.3. The smallest absolute Gasteiger partial charge is 0.243 e. The summed E-state index contributed by atoms with van der Waals surface area (Å²) in [7, 11) is -4.06. The van der Waals surface area contributed by atoms with E-state index in [2.05, 4.69) is 5.32 Å². The molecule has 0 saturated heterocycles. The van der Waals surface area contributed by atoms with Gasteiger partial charge in [0.25, 0.3) is 0 Å². The second-order valence-electron chi connectivity index (χ2n) is 7.47. The van der Waals surface area contributed by atoms with Gasteiger partial charge in [-0.2, -0.15) is 4.31 Å². The fourth-order valence-corrected chi connectivity index (χ4v) is 5.00. The molecule has 0 bridgehead atoms. The van der Waals surface area contributed by atoms with E-state index < -0.39 is 22.5 Å². The van der Waals surface area contributed by atoms with Crippen LogP contribution in [0.2, 0.25) is 10.0 Å². The van der Waals surface area contributed by atoms with Crippen molar-refractivity contribution >= 4 is 50.6 Å². The van der Waals surface area contributed by atoms with Gasteiger partial charge in [0.05, 0.1) is 11.4 Å². The maximum atomic E-state index is 13.4. The van der Waals surface area contributed by atoms with E-state index in [1.165, 1.54) is 25.1 Å². The predicted molar refractivity (Wildman–Crippen MR) is 130 cm³/mol. The van der Waals surface area contributed by atoms with E-state index in [4.69, 9.17) is 23.2 Å². The zero-order chi connectivity index (χ0) is 24.2. The van der Waals surface area contributed by atoms with Crippen molar-refractivity contribution in [1.82, 2.24) is 4.31 Å². The van der Waals surface area contributed by atoms with Crippen LogP contribution in [0.25, 0.3) is 0 Å². The normalized spacial score (nSPS) is 11.4. The fraction of sp³-hybridized carbons (Fsp3) is 0.167. The lowest BCUT2D eigenvalue weighted by Crippen LogP contribution is -2.37. The minimum atomic E-state index is -4.06. The van der Waals surface area contributed by atoms with Gasteiger partial charge in [0.1, 0.15) is 0 Å². The van der Waals surface area contributed by atoms with Crippen LogP contribution in [0.15, 0.2) is 71.6 Å². The van der Waals surface area contributed by atoms with Crippen LogP contribution in [0.4, 0.5) is 5.69 Å². The first-order chi connectivity index (χ1) is 15.6. The van der Waals surface area contributed by atoms with Gasteiger partial charge in [-0.05, 0) is 50.2 Å². The molecule has 0 aliphatic carbocycles. The molecule has 3 aromatic rings. The first kappa shape index (κ1) is 24.9. The molecule has 0 aliphatic rings. The predicted octanol–water partition coefficient (Wildman–Crippen LogP) is 5.33. The molecular weight excluding hydrogens is 483 g/mol. The van der Waals surface area contributed by atoms with E-state index in [-0.39, 0.29) is 17.2 Å². The Bertz CT molecular complexity index is 1270. The van der Waals surface area contributed by atoms with Gasteiger partial charge in [-0.25, -0.2) is 8.42 Å². The molecule has 172 valence electrons. The average molecular weight is 505 g/mol. The first-order valence-electron chi connectivity index (χ1n) is 9.98. The summed E-state index contributed by atoms with van der Waals surface area (Å²) in [6.45, 7) is 2.59. The van der Waals surface area contributed by atoms with Gasteiger partial charge in [0.15, 0.2) is 5.78 Å². The molecule has 1 N–H and O–H groups in total. The Morgan fingerprint density at radius 2 is 1.55 bits per heavy atom. The maximum absolute atomic E-state index is 13.4. The summed E-state index contributed by atoms with van der Waals surface area (Å²) in [5.74, 6) is -0.724. The number of rotatable bonds is 8. The van der Waals surface area contributed by atoms with Gasteiger partial charge in [-0.1, -0.05) is 59.1 Å². The Hall–Kier alpha value is -2.71. The highest BCUT2D eigenvalue weighted by Gasteiger charge is 2.28.